The first-order valence-electron chi connectivity index (χ1n) is 14.7. The van der Waals surface area contributed by atoms with Crippen molar-refractivity contribution in [2.75, 3.05) is 4.90 Å². The molecule has 0 fully saturated rings. The summed E-state index contributed by atoms with van der Waals surface area (Å²) in [5, 5.41) is 9.86. The highest BCUT2D eigenvalue weighted by Crippen LogP contribution is 2.44. The third-order valence-corrected chi connectivity index (χ3v) is 11.1. The van der Waals surface area contributed by atoms with Crippen LogP contribution in [0, 0.1) is 0 Å². The minimum absolute atomic E-state index is 0.916. The summed E-state index contributed by atoms with van der Waals surface area (Å²) in [7, 11) is 0. The second-order valence-electron chi connectivity index (χ2n) is 11.4. The van der Waals surface area contributed by atoms with Crippen LogP contribution in [-0.2, 0) is 0 Å². The van der Waals surface area contributed by atoms with E-state index in [0.29, 0.717) is 0 Å². The molecule has 3 aromatic heterocycles. The van der Waals surface area contributed by atoms with E-state index in [-0.39, 0.29) is 0 Å². The molecule has 0 aliphatic carbocycles. The number of rotatable bonds is 3. The summed E-state index contributed by atoms with van der Waals surface area (Å²) in [6, 6.07) is 50.8. The second-order valence-corrected chi connectivity index (χ2v) is 13.5. The number of fused-ring (bicyclic) bond motifs is 10. The number of furan rings is 1. The van der Waals surface area contributed by atoms with E-state index in [2.05, 4.69) is 132 Å². The smallest absolute Gasteiger partial charge is 0.136 e. The lowest BCUT2D eigenvalue weighted by molar-refractivity contribution is 0.669. The average molecular weight is 598 g/mol. The Kier molecular flexibility index (Phi) is 5.06. The number of nitrogens with zero attached hydrogens (tertiary/aromatic N) is 1. The van der Waals surface area contributed by atoms with Crippen molar-refractivity contribution in [3.63, 3.8) is 0 Å². The summed E-state index contributed by atoms with van der Waals surface area (Å²) >= 11 is 3.71. The number of hydrogen-bond acceptors (Lipinski definition) is 4. The maximum Gasteiger partial charge on any atom is 0.136 e. The van der Waals surface area contributed by atoms with E-state index >= 15 is 0 Å². The van der Waals surface area contributed by atoms with Crippen LogP contribution < -0.4 is 4.90 Å². The minimum Gasteiger partial charge on any atom is -0.456 e. The lowest BCUT2D eigenvalue weighted by Crippen LogP contribution is -2.09. The van der Waals surface area contributed by atoms with Gasteiger partial charge in [-0.15, -0.1) is 22.7 Å². The lowest BCUT2D eigenvalue weighted by atomic mass is 10.0. The quantitative estimate of drug-likeness (QED) is 0.201. The summed E-state index contributed by atoms with van der Waals surface area (Å²) in [4.78, 5) is 2.40. The van der Waals surface area contributed by atoms with Gasteiger partial charge in [0.2, 0.25) is 0 Å². The van der Waals surface area contributed by atoms with Crippen LogP contribution in [0.15, 0.2) is 144 Å². The molecule has 4 heteroatoms. The Morgan fingerprint density at radius 3 is 1.59 bits per heavy atom. The van der Waals surface area contributed by atoms with Crippen molar-refractivity contribution in [2.24, 2.45) is 0 Å². The third-order valence-electron chi connectivity index (χ3n) is 8.81. The van der Waals surface area contributed by atoms with Crippen molar-refractivity contribution >= 4 is 113 Å². The van der Waals surface area contributed by atoms with Crippen molar-refractivity contribution in [1.82, 2.24) is 0 Å². The molecule has 44 heavy (non-hydrogen) atoms. The van der Waals surface area contributed by atoms with Gasteiger partial charge in [-0.2, -0.15) is 0 Å². The van der Waals surface area contributed by atoms with Crippen LogP contribution in [0.3, 0.4) is 0 Å². The van der Waals surface area contributed by atoms with Gasteiger partial charge in [0.15, 0.2) is 0 Å². The molecule has 3 heterocycles. The highest BCUT2D eigenvalue weighted by Gasteiger charge is 2.18. The lowest BCUT2D eigenvalue weighted by Gasteiger charge is -2.26. The van der Waals surface area contributed by atoms with Gasteiger partial charge in [-0.25, -0.2) is 0 Å². The largest absolute Gasteiger partial charge is 0.456 e. The first kappa shape index (κ1) is 24.3. The molecular formula is C40H23NOS2. The van der Waals surface area contributed by atoms with Crippen LogP contribution in [0.2, 0.25) is 0 Å². The number of anilines is 3. The Morgan fingerprint density at radius 1 is 0.364 bits per heavy atom. The summed E-state index contributed by atoms with van der Waals surface area (Å²) < 4.78 is 11.5. The molecule has 0 unspecified atom stereocenters. The molecule has 2 nitrogen and oxygen atoms in total. The van der Waals surface area contributed by atoms with E-state index in [1.54, 1.807) is 0 Å². The van der Waals surface area contributed by atoms with Crippen molar-refractivity contribution in [3.8, 4) is 0 Å². The van der Waals surface area contributed by atoms with E-state index in [1.165, 1.54) is 45.7 Å². The Balaban J connectivity index is 1.22. The molecule has 0 spiro atoms. The van der Waals surface area contributed by atoms with Crippen LogP contribution >= 0.6 is 22.7 Å². The van der Waals surface area contributed by atoms with E-state index in [1.807, 2.05) is 34.8 Å². The number of thiophene rings is 2. The first-order valence-corrected chi connectivity index (χ1v) is 16.4. The van der Waals surface area contributed by atoms with Gasteiger partial charge in [0.25, 0.3) is 0 Å². The molecule has 0 aliphatic heterocycles. The molecule has 0 atom stereocenters. The summed E-state index contributed by atoms with van der Waals surface area (Å²) in [5.41, 5.74) is 5.24. The standard InChI is InChI=1S/C40H23NOS2/c1-4-10-35-29(7-1)32-20-24-13-14-26(19-25(24)21-36(32)42-35)41(27-15-17-39-33(22-27)30-8-2-5-11-37(30)43-39)28-16-18-40-34(23-28)31-9-3-6-12-38(31)44-40/h1-23H. The molecule has 0 saturated heterocycles. The monoisotopic (exact) mass is 597 g/mol. The van der Waals surface area contributed by atoms with Gasteiger partial charge >= 0.3 is 0 Å². The van der Waals surface area contributed by atoms with Crippen molar-refractivity contribution in [1.29, 1.82) is 0 Å². The fourth-order valence-corrected chi connectivity index (χ4v) is 8.92. The van der Waals surface area contributed by atoms with Crippen molar-refractivity contribution < 1.29 is 4.42 Å². The van der Waals surface area contributed by atoms with Gasteiger partial charge in [-0.05, 0) is 89.6 Å². The highest BCUT2D eigenvalue weighted by atomic mass is 32.1. The molecule has 0 radical (unpaired) electrons. The van der Waals surface area contributed by atoms with Gasteiger partial charge in [0, 0.05) is 68.2 Å². The van der Waals surface area contributed by atoms with E-state index in [0.717, 1.165) is 44.4 Å². The Labute approximate surface area is 260 Å². The summed E-state index contributed by atoms with van der Waals surface area (Å²) in [6.07, 6.45) is 0. The Bertz CT molecular complexity index is 2630. The zero-order chi connectivity index (χ0) is 28.8. The number of para-hydroxylation sites is 1. The molecular weight excluding hydrogens is 575 g/mol. The fourth-order valence-electron chi connectivity index (χ4n) is 6.75. The van der Waals surface area contributed by atoms with E-state index < -0.39 is 0 Å². The maximum atomic E-state index is 6.28. The van der Waals surface area contributed by atoms with Crippen LogP contribution in [0.1, 0.15) is 0 Å². The Hall–Kier alpha value is -5.16. The van der Waals surface area contributed by atoms with Crippen LogP contribution in [0.25, 0.3) is 73.1 Å². The average Bonchev–Trinajstić information content (AvgIpc) is 3.74. The Morgan fingerprint density at radius 2 is 0.909 bits per heavy atom. The van der Waals surface area contributed by atoms with Crippen molar-refractivity contribution in [2.45, 2.75) is 0 Å². The second kappa shape index (κ2) is 9.17. The molecule has 0 aliphatic rings. The molecule has 206 valence electrons. The van der Waals surface area contributed by atoms with Gasteiger partial charge in [0.1, 0.15) is 11.2 Å². The van der Waals surface area contributed by atoms with Crippen LogP contribution in [-0.4, -0.2) is 0 Å². The number of benzene rings is 7. The molecule has 10 rings (SSSR count). The molecule has 10 aromatic rings. The highest BCUT2D eigenvalue weighted by molar-refractivity contribution is 7.26. The normalized spacial score (nSPS) is 12.1. The van der Waals surface area contributed by atoms with Crippen molar-refractivity contribution in [3.05, 3.63) is 140 Å². The molecule has 0 bridgehead atoms. The predicted octanol–water partition coefficient (Wildman–Crippen LogP) is 12.9. The predicted molar refractivity (Wildman–Crippen MR) is 192 cm³/mol. The first-order chi connectivity index (χ1) is 21.8. The fraction of sp³-hybridized carbons (Fsp3) is 0. The van der Waals surface area contributed by atoms with Crippen LogP contribution in [0.4, 0.5) is 17.1 Å². The maximum absolute atomic E-state index is 6.28. The topological polar surface area (TPSA) is 16.4 Å². The molecule has 0 saturated carbocycles. The third kappa shape index (κ3) is 3.59. The van der Waals surface area contributed by atoms with Gasteiger partial charge in [0.05, 0.1) is 0 Å². The van der Waals surface area contributed by atoms with E-state index in [4.69, 9.17) is 4.42 Å². The SMILES string of the molecule is c1ccc2c(c1)oc1cc3cc(N(c4ccc5sc6ccccc6c5c4)c4ccc5sc6ccccc6c5c4)ccc3cc12. The molecule has 0 amide bonds. The zero-order valence-electron chi connectivity index (χ0n) is 23.5. The van der Waals surface area contributed by atoms with Gasteiger partial charge in [-0.1, -0.05) is 60.7 Å². The molecule has 0 N–H and O–H groups in total. The van der Waals surface area contributed by atoms with E-state index in [9.17, 15) is 0 Å². The number of hydrogen-bond donors (Lipinski definition) is 0. The molecule has 7 aromatic carbocycles. The van der Waals surface area contributed by atoms with Gasteiger partial charge in [-0.3, -0.25) is 0 Å². The van der Waals surface area contributed by atoms with Gasteiger partial charge < -0.3 is 9.32 Å². The summed E-state index contributed by atoms with van der Waals surface area (Å²) in [6.45, 7) is 0. The minimum atomic E-state index is 0.916. The zero-order valence-corrected chi connectivity index (χ0v) is 25.1. The summed E-state index contributed by atoms with van der Waals surface area (Å²) in [5.74, 6) is 0. The van der Waals surface area contributed by atoms with Crippen LogP contribution in [0.5, 0.6) is 0 Å².